The topological polar surface area (TPSA) is 74.7 Å². The Balaban J connectivity index is 1.15. The summed E-state index contributed by atoms with van der Waals surface area (Å²) in [4.78, 5) is 8.50. The Morgan fingerprint density at radius 2 is 1.02 bits per heavy atom. The van der Waals surface area contributed by atoms with Crippen LogP contribution in [0.4, 0.5) is 5.69 Å². The van der Waals surface area contributed by atoms with Gasteiger partial charge in [-0.25, -0.2) is 4.85 Å². The van der Waals surface area contributed by atoms with Crippen LogP contribution in [0.25, 0.3) is 93.3 Å². The molecule has 3 heterocycles. The first-order chi connectivity index (χ1) is 27.6. The number of fused-ring (bicyclic) bond motifs is 6. The Morgan fingerprint density at radius 1 is 0.482 bits per heavy atom. The van der Waals surface area contributed by atoms with Gasteiger partial charge in [0.05, 0.1) is 63.3 Å². The quantitative estimate of drug-likeness (QED) is 0.167. The van der Waals surface area contributed by atoms with Crippen molar-refractivity contribution in [3.8, 4) is 57.0 Å². The monoisotopic (exact) mass is 712 g/mol. The summed E-state index contributed by atoms with van der Waals surface area (Å²) in [5, 5.41) is 23.9. The zero-order valence-electron chi connectivity index (χ0n) is 29.8. The lowest BCUT2D eigenvalue weighted by molar-refractivity contribution is 1.14. The van der Waals surface area contributed by atoms with Gasteiger partial charge >= 0.3 is 0 Å². The zero-order chi connectivity index (χ0) is 37.8. The first-order valence-corrected chi connectivity index (χ1v) is 18.2. The number of benzene rings is 7. The third kappa shape index (κ3) is 5.20. The van der Waals surface area contributed by atoms with Crippen LogP contribution in [0.3, 0.4) is 0 Å². The summed E-state index contributed by atoms with van der Waals surface area (Å²) in [5.74, 6) is 0. The zero-order valence-corrected chi connectivity index (χ0v) is 29.8. The molecule has 0 aliphatic rings. The second-order valence-corrected chi connectivity index (χ2v) is 13.8. The summed E-state index contributed by atoms with van der Waals surface area (Å²) < 4.78 is 4.55. The van der Waals surface area contributed by atoms with Gasteiger partial charge in [0.15, 0.2) is 5.69 Å². The first kappa shape index (κ1) is 32.4. The van der Waals surface area contributed by atoms with E-state index in [1.165, 1.54) is 0 Å². The Hall–Kier alpha value is -8.24. The SMILES string of the molecule is [C-]#[N+]c1ccc(-c2ccc3c(c2)c2ccccc2n3-c2ccc(C#N)cc2-c2cc(-n3c4ccccc4c4cc(-c5ccc(C#N)cc5)ccc43)ccn2)cc1. The van der Waals surface area contributed by atoms with Gasteiger partial charge in [0.2, 0.25) is 0 Å². The molecule has 0 aliphatic carbocycles. The van der Waals surface area contributed by atoms with Gasteiger partial charge in [-0.3, -0.25) is 4.98 Å². The number of rotatable bonds is 5. The second-order valence-electron chi connectivity index (χ2n) is 13.8. The molecule has 56 heavy (non-hydrogen) atoms. The Morgan fingerprint density at radius 3 is 1.64 bits per heavy atom. The number of hydrogen-bond acceptors (Lipinski definition) is 3. The third-order valence-electron chi connectivity index (χ3n) is 10.7. The molecule has 258 valence electrons. The molecule has 10 aromatic rings. The molecule has 0 unspecified atom stereocenters. The molecule has 0 aliphatic heterocycles. The van der Waals surface area contributed by atoms with E-state index in [-0.39, 0.29) is 0 Å². The molecule has 0 radical (unpaired) electrons. The maximum Gasteiger partial charge on any atom is 0.187 e. The van der Waals surface area contributed by atoms with Gasteiger partial charge in [0.25, 0.3) is 0 Å². The Kier molecular flexibility index (Phi) is 7.53. The van der Waals surface area contributed by atoms with Crippen molar-refractivity contribution in [2.75, 3.05) is 0 Å². The largest absolute Gasteiger partial charge is 0.309 e. The molecule has 0 N–H and O–H groups in total. The van der Waals surface area contributed by atoms with E-state index in [1.807, 2.05) is 79.0 Å². The summed E-state index contributed by atoms with van der Waals surface area (Å²) in [7, 11) is 0. The van der Waals surface area contributed by atoms with Crippen molar-refractivity contribution in [2.24, 2.45) is 0 Å². The highest BCUT2D eigenvalue weighted by molar-refractivity contribution is 6.12. The van der Waals surface area contributed by atoms with Gasteiger partial charge in [-0.1, -0.05) is 84.9 Å². The van der Waals surface area contributed by atoms with Crippen molar-refractivity contribution >= 4 is 49.3 Å². The number of nitrogens with zero attached hydrogens (tertiary/aromatic N) is 6. The van der Waals surface area contributed by atoms with Crippen molar-refractivity contribution in [3.05, 3.63) is 193 Å². The molecular formula is C50H28N6. The molecule has 0 fully saturated rings. The predicted octanol–water partition coefficient (Wildman–Crippen LogP) is 12.6. The molecule has 0 amide bonds. The minimum atomic E-state index is 0.550. The maximum atomic E-state index is 10.1. The van der Waals surface area contributed by atoms with E-state index in [1.54, 1.807) is 0 Å². The molecule has 0 spiro atoms. The van der Waals surface area contributed by atoms with Crippen LogP contribution in [-0.4, -0.2) is 14.1 Å². The number of hydrogen-bond donors (Lipinski definition) is 0. The predicted molar refractivity (Wildman–Crippen MR) is 225 cm³/mol. The average Bonchev–Trinajstić information content (AvgIpc) is 3.78. The van der Waals surface area contributed by atoms with Gasteiger partial charge in [-0.15, -0.1) is 0 Å². The minimum Gasteiger partial charge on any atom is -0.309 e. The standard InChI is InChI=1S/C50H28N6/c1-53-38-19-15-35(16-20-38)37-18-23-49-43(28-37)41-7-3-5-9-47(41)56(49)50-21-12-33(31-52)26-44(50)45-29-39(24-25-54-45)55-46-8-4-2-6-40(46)42-27-36(17-22-48(42)55)34-13-10-32(30-51)11-14-34/h2-29H. The van der Waals surface area contributed by atoms with Gasteiger partial charge in [-0.05, 0) is 101 Å². The van der Waals surface area contributed by atoms with Crippen molar-refractivity contribution in [2.45, 2.75) is 0 Å². The van der Waals surface area contributed by atoms with Gasteiger partial charge in [0.1, 0.15) is 0 Å². The summed E-state index contributed by atoms with van der Waals surface area (Å²) in [6.07, 6.45) is 1.84. The van der Waals surface area contributed by atoms with Crippen LogP contribution in [0, 0.1) is 29.2 Å². The molecule has 0 saturated heterocycles. The number of para-hydroxylation sites is 2. The van der Waals surface area contributed by atoms with Crippen molar-refractivity contribution in [1.82, 2.24) is 14.1 Å². The lowest BCUT2D eigenvalue weighted by Gasteiger charge is -2.15. The second kappa shape index (κ2) is 13.0. The van der Waals surface area contributed by atoms with Crippen molar-refractivity contribution in [3.63, 3.8) is 0 Å². The summed E-state index contributed by atoms with van der Waals surface area (Å²) in [6.45, 7) is 7.35. The smallest absolute Gasteiger partial charge is 0.187 e. The minimum absolute atomic E-state index is 0.550. The molecule has 7 aromatic carbocycles. The number of pyridine rings is 1. The highest BCUT2D eigenvalue weighted by Crippen LogP contribution is 2.40. The highest BCUT2D eigenvalue weighted by atomic mass is 15.0. The molecule has 3 aromatic heterocycles. The van der Waals surface area contributed by atoms with Gasteiger partial charge < -0.3 is 9.13 Å². The van der Waals surface area contributed by atoms with Crippen LogP contribution in [-0.2, 0) is 0 Å². The maximum absolute atomic E-state index is 10.1. The lowest BCUT2D eigenvalue weighted by atomic mass is 10.0. The molecule has 0 atom stereocenters. The average molecular weight is 713 g/mol. The number of nitriles is 2. The van der Waals surface area contributed by atoms with Crippen LogP contribution in [0.1, 0.15) is 11.1 Å². The van der Waals surface area contributed by atoms with Gasteiger partial charge in [-0.2, -0.15) is 10.5 Å². The van der Waals surface area contributed by atoms with E-state index in [2.05, 4.69) is 117 Å². The fraction of sp³-hybridized carbons (Fsp3) is 0. The summed E-state index contributed by atoms with van der Waals surface area (Å²) in [5.41, 5.74) is 13.7. The number of aromatic nitrogens is 3. The van der Waals surface area contributed by atoms with E-state index >= 15 is 0 Å². The molecular weight excluding hydrogens is 685 g/mol. The van der Waals surface area contributed by atoms with Crippen LogP contribution in [0.15, 0.2) is 170 Å². The van der Waals surface area contributed by atoms with Crippen molar-refractivity contribution < 1.29 is 0 Å². The molecule has 6 nitrogen and oxygen atoms in total. The van der Waals surface area contributed by atoms with Crippen LogP contribution >= 0.6 is 0 Å². The van der Waals surface area contributed by atoms with E-state index in [4.69, 9.17) is 11.6 Å². The first-order valence-electron chi connectivity index (χ1n) is 18.2. The van der Waals surface area contributed by atoms with Crippen LogP contribution < -0.4 is 0 Å². The Labute approximate surface area is 322 Å². The van der Waals surface area contributed by atoms with E-state index < -0.39 is 0 Å². The van der Waals surface area contributed by atoms with Crippen LogP contribution in [0.5, 0.6) is 0 Å². The molecule has 0 saturated carbocycles. The normalized spacial score (nSPS) is 11.2. The lowest BCUT2D eigenvalue weighted by Crippen LogP contribution is -2.00. The van der Waals surface area contributed by atoms with E-state index in [9.17, 15) is 10.5 Å². The fourth-order valence-electron chi connectivity index (χ4n) is 8.02. The van der Waals surface area contributed by atoms with Gasteiger partial charge in [0, 0.05) is 39.0 Å². The highest BCUT2D eigenvalue weighted by Gasteiger charge is 2.19. The van der Waals surface area contributed by atoms with Crippen molar-refractivity contribution in [1.29, 1.82) is 10.5 Å². The molecule has 0 bridgehead atoms. The fourth-order valence-corrected chi connectivity index (χ4v) is 8.02. The van der Waals surface area contributed by atoms with E-state index in [0.717, 1.165) is 88.5 Å². The Bertz CT molecular complexity index is 3330. The molecule has 10 rings (SSSR count). The summed E-state index contributed by atoms with van der Waals surface area (Å²) in [6, 6.07) is 59.8. The van der Waals surface area contributed by atoms with E-state index in [0.29, 0.717) is 16.8 Å². The third-order valence-corrected chi connectivity index (χ3v) is 10.7. The van der Waals surface area contributed by atoms with Crippen LogP contribution in [0.2, 0.25) is 0 Å². The summed E-state index contributed by atoms with van der Waals surface area (Å²) >= 11 is 0. The molecule has 6 heteroatoms.